The van der Waals surface area contributed by atoms with Gasteiger partial charge in [0.25, 0.3) is 11.8 Å². The highest BCUT2D eigenvalue weighted by Crippen LogP contribution is 2.44. The van der Waals surface area contributed by atoms with E-state index in [4.69, 9.17) is 0 Å². The van der Waals surface area contributed by atoms with Gasteiger partial charge in [-0.25, -0.2) is 4.90 Å². The smallest absolute Gasteiger partial charge is 0.268 e. The van der Waals surface area contributed by atoms with Gasteiger partial charge < -0.3 is 9.13 Å². The first-order valence-electron chi connectivity index (χ1n) is 18.5. The number of amides is 2. The summed E-state index contributed by atoms with van der Waals surface area (Å²) in [6.45, 7) is 0. The molecule has 0 saturated heterocycles. The highest BCUT2D eigenvalue weighted by atomic mass is 16.2. The maximum absolute atomic E-state index is 15.2. The van der Waals surface area contributed by atoms with E-state index < -0.39 is 0 Å². The zero-order chi connectivity index (χ0) is 36.6. The highest BCUT2D eigenvalue weighted by molar-refractivity contribution is 6.36. The minimum atomic E-state index is -0.349. The lowest BCUT2D eigenvalue weighted by Gasteiger charge is -2.20. The van der Waals surface area contributed by atoms with E-state index in [0.29, 0.717) is 22.5 Å². The Balaban J connectivity index is 1.18. The topological polar surface area (TPSA) is 47.2 Å². The molecule has 258 valence electrons. The first kappa shape index (κ1) is 31.1. The number of benzene rings is 8. The summed E-state index contributed by atoms with van der Waals surface area (Å²) in [5, 5.41) is 4.46. The lowest BCUT2D eigenvalue weighted by molar-refractivity contribution is 0.0926. The normalized spacial score (nSPS) is 12.8. The van der Waals surface area contributed by atoms with Gasteiger partial charge in [0.1, 0.15) is 0 Å². The van der Waals surface area contributed by atoms with Crippen LogP contribution in [0.25, 0.3) is 77.2 Å². The van der Waals surface area contributed by atoms with Crippen LogP contribution >= 0.6 is 0 Å². The van der Waals surface area contributed by atoms with Crippen molar-refractivity contribution in [1.29, 1.82) is 0 Å². The van der Waals surface area contributed by atoms with Crippen LogP contribution in [-0.4, -0.2) is 20.9 Å². The van der Waals surface area contributed by atoms with Crippen LogP contribution in [0, 0.1) is 0 Å². The van der Waals surface area contributed by atoms with Gasteiger partial charge in [-0.1, -0.05) is 146 Å². The van der Waals surface area contributed by atoms with Gasteiger partial charge in [0.05, 0.1) is 50.3 Å². The number of nitrogens with zero attached hydrogens (tertiary/aromatic N) is 3. The van der Waals surface area contributed by atoms with Gasteiger partial charge in [-0.2, -0.15) is 0 Å². The number of hydrogen-bond donors (Lipinski definition) is 0. The average molecular weight is 706 g/mol. The van der Waals surface area contributed by atoms with Crippen LogP contribution < -0.4 is 4.90 Å². The molecular weight excluding hydrogens is 675 g/mol. The summed E-state index contributed by atoms with van der Waals surface area (Å²) in [4.78, 5) is 31.3. The van der Waals surface area contributed by atoms with E-state index >= 15 is 4.79 Å². The molecule has 0 unspecified atom stereocenters. The number of fused-ring (bicyclic) bond motifs is 7. The van der Waals surface area contributed by atoms with Gasteiger partial charge in [0.15, 0.2) is 0 Å². The van der Waals surface area contributed by atoms with Crippen LogP contribution in [-0.2, 0) is 0 Å². The first-order valence-corrected chi connectivity index (χ1v) is 18.5. The van der Waals surface area contributed by atoms with Crippen molar-refractivity contribution < 1.29 is 9.59 Å². The Kier molecular flexibility index (Phi) is 6.79. The van der Waals surface area contributed by atoms with Gasteiger partial charge in [-0.15, -0.1) is 0 Å². The molecule has 55 heavy (non-hydrogen) atoms. The summed E-state index contributed by atoms with van der Waals surface area (Å²) in [5.41, 5.74) is 10.7. The predicted octanol–water partition coefficient (Wildman–Crippen LogP) is 12.0. The van der Waals surface area contributed by atoms with Gasteiger partial charge >= 0.3 is 0 Å². The number of carbonyl (C=O) groups excluding carboxylic acids is 2. The molecule has 0 fully saturated rings. The lowest BCUT2D eigenvalue weighted by Crippen LogP contribution is -2.30. The highest BCUT2D eigenvalue weighted by Gasteiger charge is 2.40. The Morgan fingerprint density at radius 2 is 0.855 bits per heavy atom. The fraction of sp³-hybridized carbons (Fsp3) is 0. The molecule has 0 spiro atoms. The fourth-order valence-electron chi connectivity index (χ4n) is 8.67. The number of imide groups is 1. The van der Waals surface area contributed by atoms with E-state index in [2.05, 4.69) is 100 Å². The number of anilines is 1. The van der Waals surface area contributed by atoms with Crippen LogP contribution in [0.2, 0.25) is 0 Å². The fourth-order valence-corrected chi connectivity index (χ4v) is 8.67. The Bertz CT molecular complexity index is 3140. The molecule has 0 atom stereocenters. The number of aromatic nitrogens is 2. The molecule has 8 aromatic carbocycles. The zero-order valence-electron chi connectivity index (χ0n) is 29.6. The molecule has 0 radical (unpaired) electrons. The molecule has 2 amide bonds. The summed E-state index contributed by atoms with van der Waals surface area (Å²) >= 11 is 0. The quantitative estimate of drug-likeness (QED) is 0.167. The Hall–Kier alpha value is -7.50. The lowest BCUT2D eigenvalue weighted by atomic mass is 9.97. The van der Waals surface area contributed by atoms with Crippen LogP contribution in [0.4, 0.5) is 5.69 Å². The zero-order valence-corrected chi connectivity index (χ0v) is 29.6. The predicted molar refractivity (Wildman–Crippen MR) is 224 cm³/mol. The second-order valence-corrected chi connectivity index (χ2v) is 14.0. The van der Waals surface area contributed by atoms with E-state index in [1.54, 1.807) is 6.07 Å². The molecule has 3 heterocycles. The number of rotatable bonds is 5. The van der Waals surface area contributed by atoms with Crippen molar-refractivity contribution >= 4 is 61.1 Å². The SMILES string of the molecule is O=C1c2cccc(-n3c4ccccc4c4cccc(-n5c6ccccc6c6ccccc65)c43)c2C(=O)N1c1cc(-c2ccccc2)ccc1-c1ccccc1. The molecule has 1 aliphatic heterocycles. The molecule has 0 N–H and O–H groups in total. The third-order valence-corrected chi connectivity index (χ3v) is 11.1. The Labute approximate surface area is 316 Å². The standard InChI is InChI=1S/C50H31N3O2/c54-49-40-23-14-27-44(47(40)50(55)53(49)46-31-34(32-15-3-1-4-16-32)29-30-35(46)33-17-5-2-6-18-33)52-43-26-12-9-21-38(43)39-22-13-28-45(48(39)52)51-41-24-10-7-19-36(41)37-20-8-11-25-42(37)51/h1-31H. The summed E-state index contributed by atoms with van der Waals surface area (Å²) in [7, 11) is 0. The van der Waals surface area contributed by atoms with E-state index in [-0.39, 0.29) is 11.8 Å². The van der Waals surface area contributed by atoms with Gasteiger partial charge in [0, 0.05) is 27.1 Å². The molecule has 11 rings (SSSR count). The average Bonchev–Trinajstić information content (AvgIpc) is 3.86. The number of carbonyl (C=O) groups is 2. The third-order valence-electron chi connectivity index (χ3n) is 11.1. The van der Waals surface area contributed by atoms with Crippen molar-refractivity contribution in [2.24, 2.45) is 0 Å². The van der Waals surface area contributed by atoms with E-state index in [9.17, 15) is 4.79 Å². The molecule has 5 nitrogen and oxygen atoms in total. The minimum absolute atomic E-state index is 0.340. The summed E-state index contributed by atoms with van der Waals surface area (Å²) < 4.78 is 4.52. The second kappa shape index (κ2) is 12.0. The van der Waals surface area contributed by atoms with Crippen molar-refractivity contribution in [1.82, 2.24) is 9.13 Å². The molecule has 5 heteroatoms. The van der Waals surface area contributed by atoms with Gasteiger partial charge in [-0.05, 0) is 59.2 Å². The second-order valence-electron chi connectivity index (χ2n) is 14.0. The molecule has 0 aliphatic carbocycles. The minimum Gasteiger partial charge on any atom is -0.307 e. The van der Waals surface area contributed by atoms with E-state index in [0.717, 1.165) is 60.8 Å². The van der Waals surface area contributed by atoms with Crippen molar-refractivity contribution in [3.8, 4) is 33.6 Å². The Morgan fingerprint density at radius 1 is 0.327 bits per heavy atom. The van der Waals surface area contributed by atoms with Crippen LogP contribution in [0.5, 0.6) is 0 Å². The maximum Gasteiger partial charge on any atom is 0.268 e. The van der Waals surface area contributed by atoms with Crippen molar-refractivity contribution in [2.45, 2.75) is 0 Å². The van der Waals surface area contributed by atoms with Crippen LogP contribution in [0.3, 0.4) is 0 Å². The third kappa shape index (κ3) is 4.53. The number of para-hydroxylation sites is 4. The van der Waals surface area contributed by atoms with Crippen molar-refractivity contribution in [3.05, 3.63) is 199 Å². The number of hydrogen-bond acceptors (Lipinski definition) is 2. The van der Waals surface area contributed by atoms with Gasteiger partial charge in [0.2, 0.25) is 0 Å². The summed E-state index contributed by atoms with van der Waals surface area (Å²) in [6, 6.07) is 63.4. The molecular formula is C50H31N3O2. The summed E-state index contributed by atoms with van der Waals surface area (Å²) in [5.74, 6) is -0.689. The van der Waals surface area contributed by atoms with Crippen molar-refractivity contribution in [2.75, 3.05) is 4.90 Å². The first-order chi connectivity index (χ1) is 27.2. The molecule has 10 aromatic rings. The van der Waals surface area contributed by atoms with Crippen LogP contribution in [0.1, 0.15) is 20.7 Å². The molecule has 2 aromatic heterocycles. The molecule has 0 bridgehead atoms. The summed E-state index contributed by atoms with van der Waals surface area (Å²) in [6.07, 6.45) is 0. The van der Waals surface area contributed by atoms with Crippen LogP contribution in [0.15, 0.2) is 188 Å². The molecule has 1 aliphatic rings. The monoisotopic (exact) mass is 705 g/mol. The van der Waals surface area contributed by atoms with Gasteiger partial charge in [-0.3, -0.25) is 9.59 Å². The largest absolute Gasteiger partial charge is 0.307 e. The van der Waals surface area contributed by atoms with E-state index in [1.807, 2.05) is 91.0 Å². The maximum atomic E-state index is 15.2. The Morgan fingerprint density at radius 3 is 1.53 bits per heavy atom. The van der Waals surface area contributed by atoms with E-state index in [1.165, 1.54) is 15.7 Å². The molecule has 0 saturated carbocycles. The van der Waals surface area contributed by atoms with Crippen molar-refractivity contribution in [3.63, 3.8) is 0 Å².